The van der Waals surface area contributed by atoms with Crippen LogP contribution in [0.25, 0.3) is 0 Å². The Morgan fingerprint density at radius 3 is 2.54 bits per heavy atom. The van der Waals surface area contributed by atoms with Crippen molar-refractivity contribution in [2.45, 2.75) is 6.54 Å². The average Bonchev–Trinajstić information content (AvgIpc) is 2.69. The summed E-state index contributed by atoms with van der Waals surface area (Å²) in [5, 5.41) is 15.3. The molecule has 2 rings (SSSR count). The van der Waals surface area contributed by atoms with Gasteiger partial charge in [0.25, 0.3) is 17.5 Å². The summed E-state index contributed by atoms with van der Waals surface area (Å²) in [6, 6.07) is 10.9. The third-order valence-corrected chi connectivity index (χ3v) is 3.51. The molecular weight excluding hydrogens is 373 g/mol. The van der Waals surface area contributed by atoms with Crippen molar-refractivity contribution in [2.24, 2.45) is 0 Å². The second-order valence-electron chi connectivity index (χ2n) is 5.52. The second kappa shape index (κ2) is 9.76. The van der Waals surface area contributed by atoms with Gasteiger partial charge in [-0.3, -0.25) is 24.5 Å². The smallest absolute Gasteiger partial charge is 0.325 e. The molecule has 0 saturated heterocycles. The standard InChI is InChI=1S/C18H16FN3O6/c19-15-7-2-1-4-13(15)9-20-16(23)11-28-17(24)10-21-18(25)12-5-3-6-14(8-12)22(26)27/h1-8H,9-11H2,(H,20,23)(H,21,25). The molecule has 0 heterocycles. The van der Waals surface area contributed by atoms with Crippen LogP contribution in [-0.2, 0) is 20.9 Å². The van der Waals surface area contributed by atoms with Crippen molar-refractivity contribution in [3.63, 3.8) is 0 Å². The number of carbonyl (C=O) groups excluding carboxylic acids is 3. The third kappa shape index (κ3) is 6.16. The molecule has 0 aromatic heterocycles. The molecule has 0 aliphatic heterocycles. The van der Waals surface area contributed by atoms with E-state index < -0.39 is 41.7 Å². The van der Waals surface area contributed by atoms with E-state index in [2.05, 4.69) is 10.6 Å². The van der Waals surface area contributed by atoms with E-state index in [1.807, 2.05) is 0 Å². The summed E-state index contributed by atoms with van der Waals surface area (Å²) in [7, 11) is 0. The summed E-state index contributed by atoms with van der Waals surface area (Å²) in [6.45, 7) is -1.19. The molecule has 0 atom stereocenters. The fourth-order valence-corrected chi connectivity index (χ4v) is 2.10. The number of carbonyl (C=O) groups is 3. The minimum atomic E-state index is -0.875. The molecule has 28 heavy (non-hydrogen) atoms. The molecule has 146 valence electrons. The highest BCUT2D eigenvalue weighted by Crippen LogP contribution is 2.12. The van der Waals surface area contributed by atoms with Crippen molar-refractivity contribution in [1.29, 1.82) is 0 Å². The molecule has 0 bridgehead atoms. The Morgan fingerprint density at radius 1 is 1.07 bits per heavy atom. The molecule has 2 aromatic carbocycles. The van der Waals surface area contributed by atoms with Gasteiger partial charge >= 0.3 is 5.97 Å². The van der Waals surface area contributed by atoms with E-state index in [4.69, 9.17) is 4.74 Å². The lowest BCUT2D eigenvalue weighted by Gasteiger charge is -2.08. The number of nitro benzene ring substituents is 1. The molecule has 0 aliphatic rings. The minimum Gasteiger partial charge on any atom is -0.454 e. The van der Waals surface area contributed by atoms with E-state index in [9.17, 15) is 28.9 Å². The van der Waals surface area contributed by atoms with Gasteiger partial charge in [-0.2, -0.15) is 0 Å². The zero-order chi connectivity index (χ0) is 20.5. The summed E-state index contributed by atoms with van der Waals surface area (Å²) < 4.78 is 18.1. The van der Waals surface area contributed by atoms with E-state index >= 15 is 0 Å². The number of nitrogens with zero attached hydrogens (tertiary/aromatic N) is 1. The van der Waals surface area contributed by atoms with Gasteiger partial charge in [-0.15, -0.1) is 0 Å². The molecule has 2 N–H and O–H groups in total. The summed E-state index contributed by atoms with van der Waals surface area (Å²) in [6.07, 6.45) is 0. The van der Waals surface area contributed by atoms with E-state index in [0.29, 0.717) is 0 Å². The van der Waals surface area contributed by atoms with Crippen molar-refractivity contribution in [1.82, 2.24) is 10.6 Å². The van der Waals surface area contributed by atoms with Gasteiger partial charge in [0.1, 0.15) is 12.4 Å². The average molecular weight is 389 g/mol. The van der Waals surface area contributed by atoms with Crippen LogP contribution in [0, 0.1) is 15.9 Å². The lowest BCUT2D eigenvalue weighted by molar-refractivity contribution is -0.384. The minimum absolute atomic E-state index is 0.00429. The van der Waals surface area contributed by atoms with E-state index in [-0.39, 0.29) is 23.4 Å². The number of halogens is 1. The van der Waals surface area contributed by atoms with Gasteiger partial charge in [-0.1, -0.05) is 24.3 Å². The van der Waals surface area contributed by atoms with E-state index in [0.717, 1.165) is 6.07 Å². The number of esters is 1. The van der Waals surface area contributed by atoms with Crippen LogP contribution in [0.3, 0.4) is 0 Å². The number of nitro groups is 1. The lowest BCUT2D eigenvalue weighted by Crippen LogP contribution is -2.33. The number of ether oxygens (including phenoxy) is 1. The van der Waals surface area contributed by atoms with Crippen LogP contribution in [0.15, 0.2) is 48.5 Å². The van der Waals surface area contributed by atoms with Crippen molar-refractivity contribution in [3.8, 4) is 0 Å². The molecule has 2 amide bonds. The molecule has 2 aromatic rings. The molecule has 0 radical (unpaired) electrons. The van der Waals surface area contributed by atoms with Gasteiger partial charge in [0.05, 0.1) is 4.92 Å². The van der Waals surface area contributed by atoms with Crippen molar-refractivity contribution >= 4 is 23.5 Å². The quantitative estimate of drug-likeness (QED) is 0.398. The Balaban J connectivity index is 1.73. The molecule has 9 nitrogen and oxygen atoms in total. The Labute approximate surface area is 158 Å². The first-order valence-electron chi connectivity index (χ1n) is 8.05. The van der Waals surface area contributed by atoms with Crippen LogP contribution in [0.2, 0.25) is 0 Å². The van der Waals surface area contributed by atoms with Gasteiger partial charge in [0, 0.05) is 29.8 Å². The summed E-state index contributed by atoms with van der Waals surface area (Å²) in [5.41, 5.74) is 0.0257. The number of benzene rings is 2. The monoisotopic (exact) mass is 389 g/mol. The molecule has 0 unspecified atom stereocenters. The number of hydrogen-bond acceptors (Lipinski definition) is 6. The zero-order valence-corrected chi connectivity index (χ0v) is 14.5. The summed E-state index contributed by atoms with van der Waals surface area (Å²) >= 11 is 0. The Kier molecular flexibility index (Phi) is 7.14. The normalized spacial score (nSPS) is 10.0. The Bertz CT molecular complexity index is 902. The zero-order valence-electron chi connectivity index (χ0n) is 14.5. The van der Waals surface area contributed by atoms with Gasteiger partial charge in [0.2, 0.25) is 0 Å². The van der Waals surface area contributed by atoms with Gasteiger partial charge in [-0.05, 0) is 12.1 Å². The first-order chi connectivity index (χ1) is 13.4. The van der Waals surface area contributed by atoms with Crippen LogP contribution in [0.5, 0.6) is 0 Å². The maximum Gasteiger partial charge on any atom is 0.325 e. The van der Waals surface area contributed by atoms with Crippen LogP contribution < -0.4 is 10.6 Å². The molecule has 10 heteroatoms. The number of non-ortho nitro benzene ring substituents is 1. The predicted molar refractivity (Wildman–Crippen MR) is 94.6 cm³/mol. The second-order valence-corrected chi connectivity index (χ2v) is 5.52. The Hall–Kier alpha value is -3.82. The maximum absolute atomic E-state index is 13.4. The maximum atomic E-state index is 13.4. The van der Waals surface area contributed by atoms with E-state index in [1.54, 1.807) is 6.07 Å². The highest BCUT2D eigenvalue weighted by Gasteiger charge is 2.14. The van der Waals surface area contributed by atoms with Crippen molar-refractivity contribution < 1.29 is 28.4 Å². The fraction of sp³-hybridized carbons (Fsp3) is 0.167. The number of nitrogens with one attached hydrogen (secondary N) is 2. The molecule has 0 saturated carbocycles. The molecular formula is C18H16FN3O6. The number of amides is 2. The predicted octanol–water partition coefficient (Wildman–Crippen LogP) is 1.32. The topological polar surface area (TPSA) is 128 Å². The first-order valence-corrected chi connectivity index (χ1v) is 8.05. The number of hydrogen-bond donors (Lipinski definition) is 2. The van der Waals surface area contributed by atoms with Crippen molar-refractivity contribution in [3.05, 3.63) is 75.6 Å². The SMILES string of the molecule is O=C(COC(=O)CNC(=O)c1cccc([N+](=O)[O-])c1)NCc1ccccc1F. The largest absolute Gasteiger partial charge is 0.454 e. The van der Waals surface area contributed by atoms with Crippen LogP contribution in [-0.4, -0.2) is 35.9 Å². The lowest BCUT2D eigenvalue weighted by atomic mass is 10.2. The molecule has 0 spiro atoms. The Morgan fingerprint density at radius 2 is 1.82 bits per heavy atom. The molecule has 0 fully saturated rings. The van der Waals surface area contributed by atoms with Gasteiger partial charge in [0.15, 0.2) is 6.61 Å². The van der Waals surface area contributed by atoms with Gasteiger partial charge < -0.3 is 15.4 Å². The fourth-order valence-electron chi connectivity index (χ4n) is 2.10. The molecule has 0 aliphatic carbocycles. The summed E-state index contributed by atoms with van der Waals surface area (Å²) in [4.78, 5) is 45.2. The van der Waals surface area contributed by atoms with Crippen LogP contribution in [0.1, 0.15) is 15.9 Å². The highest BCUT2D eigenvalue weighted by molar-refractivity contribution is 5.96. The highest BCUT2D eigenvalue weighted by atomic mass is 19.1. The van der Waals surface area contributed by atoms with Crippen molar-refractivity contribution in [2.75, 3.05) is 13.2 Å². The van der Waals surface area contributed by atoms with Crippen LogP contribution >= 0.6 is 0 Å². The third-order valence-electron chi connectivity index (χ3n) is 3.51. The van der Waals surface area contributed by atoms with E-state index in [1.165, 1.54) is 36.4 Å². The van der Waals surface area contributed by atoms with Gasteiger partial charge in [-0.25, -0.2) is 4.39 Å². The van der Waals surface area contributed by atoms with Crippen LogP contribution in [0.4, 0.5) is 10.1 Å². The number of rotatable bonds is 8. The first kappa shape index (κ1) is 20.5. The summed E-state index contributed by atoms with van der Waals surface area (Å²) in [5.74, 6) is -2.69.